The highest BCUT2D eigenvalue weighted by atomic mass is 16.5. The van der Waals surface area contributed by atoms with Crippen molar-refractivity contribution < 1.29 is 24.4 Å². The fraction of sp³-hybridized carbons (Fsp3) is 1.00. The Kier molecular flexibility index (Phi) is 23.7. The maximum Gasteiger partial charge on any atom is 0.0701 e. The number of ether oxygens (including phenoxy) is 3. The van der Waals surface area contributed by atoms with Gasteiger partial charge in [-0.15, -0.1) is 0 Å². The molecule has 2 N–H and O–H groups in total. The first-order chi connectivity index (χ1) is 11.2. The van der Waals surface area contributed by atoms with Crippen molar-refractivity contribution in [3.63, 3.8) is 0 Å². The van der Waals surface area contributed by atoms with Crippen molar-refractivity contribution in [2.24, 2.45) is 0 Å². The molecule has 0 fully saturated rings. The highest BCUT2D eigenvalue weighted by molar-refractivity contribution is 4.60. The monoisotopic (exact) mass is 336 g/mol. The molecule has 0 heterocycles. The third kappa shape index (κ3) is 19.8. The molecule has 0 aromatic carbocycles. The van der Waals surface area contributed by atoms with Gasteiger partial charge in [-0.2, -0.15) is 0 Å². The standard InChI is InChI=1S/C12H26O.C6H14O4/c1-5-9-11(7-3)13-12(8-4)10-6-2;7-1-3-9-5-6-10-4-2-8/h11-12H,5-10H2,1-4H3;7-8H,1-6H2. The fourth-order valence-electron chi connectivity index (χ4n) is 2.10. The van der Waals surface area contributed by atoms with Gasteiger partial charge in [-0.25, -0.2) is 0 Å². The summed E-state index contributed by atoms with van der Waals surface area (Å²) in [6.07, 6.45) is 8.24. The predicted molar refractivity (Wildman–Crippen MR) is 94.9 cm³/mol. The van der Waals surface area contributed by atoms with E-state index in [1.165, 1.54) is 25.7 Å². The lowest BCUT2D eigenvalue weighted by molar-refractivity contribution is -0.0241. The van der Waals surface area contributed by atoms with Gasteiger partial charge in [0.25, 0.3) is 0 Å². The van der Waals surface area contributed by atoms with Crippen LogP contribution >= 0.6 is 0 Å². The van der Waals surface area contributed by atoms with E-state index in [2.05, 4.69) is 27.7 Å². The van der Waals surface area contributed by atoms with Crippen LogP contribution in [0.1, 0.15) is 66.2 Å². The van der Waals surface area contributed by atoms with Crippen molar-refractivity contribution in [3.05, 3.63) is 0 Å². The highest BCUT2D eigenvalue weighted by Crippen LogP contribution is 2.14. The molecule has 23 heavy (non-hydrogen) atoms. The zero-order chi connectivity index (χ0) is 17.8. The van der Waals surface area contributed by atoms with Crippen LogP contribution in [0.25, 0.3) is 0 Å². The Morgan fingerprint density at radius 2 is 1.04 bits per heavy atom. The molecule has 0 aromatic rings. The van der Waals surface area contributed by atoms with Gasteiger partial charge in [0.2, 0.25) is 0 Å². The van der Waals surface area contributed by atoms with E-state index in [0.717, 1.165) is 12.8 Å². The molecule has 2 unspecified atom stereocenters. The second kappa shape index (κ2) is 21.8. The van der Waals surface area contributed by atoms with Crippen molar-refractivity contribution in [2.75, 3.05) is 39.6 Å². The van der Waals surface area contributed by atoms with Crippen LogP contribution in [-0.2, 0) is 14.2 Å². The first kappa shape index (κ1) is 25.0. The van der Waals surface area contributed by atoms with Crippen LogP contribution in [0.5, 0.6) is 0 Å². The Hall–Kier alpha value is -0.200. The molecule has 0 aromatic heterocycles. The van der Waals surface area contributed by atoms with Crippen molar-refractivity contribution in [1.82, 2.24) is 0 Å². The quantitative estimate of drug-likeness (QED) is 0.450. The lowest BCUT2D eigenvalue weighted by atomic mass is 10.1. The van der Waals surface area contributed by atoms with Gasteiger partial charge in [0, 0.05) is 0 Å². The third-order valence-corrected chi connectivity index (χ3v) is 3.36. The number of aliphatic hydroxyl groups excluding tert-OH is 2. The minimum Gasteiger partial charge on any atom is -0.394 e. The molecule has 0 amide bonds. The molecule has 5 nitrogen and oxygen atoms in total. The van der Waals surface area contributed by atoms with Crippen LogP contribution < -0.4 is 0 Å². The van der Waals surface area contributed by atoms with Crippen LogP contribution in [0.4, 0.5) is 0 Å². The number of aliphatic hydroxyl groups is 2. The lowest BCUT2D eigenvalue weighted by Crippen LogP contribution is -2.21. The van der Waals surface area contributed by atoms with Gasteiger partial charge in [0.05, 0.1) is 51.8 Å². The Morgan fingerprint density at radius 3 is 1.30 bits per heavy atom. The summed E-state index contributed by atoms with van der Waals surface area (Å²) in [4.78, 5) is 0. The largest absolute Gasteiger partial charge is 0.394 e. The van der Waals surface area contributed by atoms with Crippen LogP contribution in [0.3, 0.4) is 0 Å². The molecule has 0 radical (unpaired) electrons. The summed E-state index contributed by atoms with van der Waals surface area (Å²) in [5.41, 5.74) is 0. The van der Waals surface area contributed by atoms with E-state index < -0.39 is 0 Å². The molecule has 2 atom stereocenters. The Morgan fingerprint density at radius 1 is 0.652 bits per heavy atom. The van der Waals surface area contributed by atoms with Crippen LogP contribution in [0.2, 0.25) is 0 Å². The first-order valence-electron chi connectivity index (χ1n) is 9.22. The fourth-order valence-corrected chi connectivity index (χ4v) is 2.10. The summed E-state index contributed by atoms with van der Waals surface area (Å²) >= 11 is 0. The zero-order valence-electron chi connectivity index (χ0n) is 15.8. The minimum absolute atomic E-state index is 0.0417. The second-order valence-electron chi connectivity index (χ2n) is 5.45. The van der Waals surface area contributed by atoms with Crippen molar-refractivity contribution in [2.45, 2.75) is 78.4 Å². The van der Waals surface area contributed by atoms with Gasteiger partial charge in [0.1, 0.15) is 0 Å². The van der Waals surface area contributed by atoms with Gasteiger partial charge in [-0.3, -0.25) is 0 Å². The molecule has 142 valence electrons. The Balaban J connectivity index is 0. The Bertz CT molecular complexity index is 182. The average molecular weight is 337 g/mol. The highest BCUT2D eigenvalue weighted by Gasteiger charge is 2.11. The van der Waals surface area contributed by atoms with E-state index in [0.29, 0.717) is 38.6 Å². The maximum atomic E-state index is 8.26. The molecular formula is C18H40O5. The summed E-state index contributed by atoms with van der Waals surface area (Å²) in [6.45, 7) is 10.6. The van der Waals surface area contributed by atoms with E-state index in [-0.39, 0.29) is 13.2 Å². The molecule has 5 heteroatoms. The maximum absolute atomic E-state index is 8.26. The zero-order valence-corrected chi connectivity index (χ0v) is 15.8. The molecule has 0 aliphatic heterocycles. The van der Waals surface area contributed by atoms with Crippen molar-refractivity contribution in [1.29, 1.82) is 0 Å². The van der Waals surface area contributed by atoms with Crippen molar-refractivity contribution >= 4 is 0 Å². The summed E-state index contributed by atoms with van der Waals surface area (Å²) in [5, 5.41) is 16.5. The molecule has 0 saturated heterocycles. The molecule has 0 aliphatic rings. The second-order valence-corrected chi connectivity index (χ2v) is 5.45. The van der Waals surface area contributed by atoms with Gasteiger partial charge in [-0.1, -0.05) is 40.5 Å². The topological polar surface area (TPSA) is 68.2 Å². The van der Waals surface area contributed by atoms with E-state index in [4.69, 9.17) is 24.4 Å². The third-order valence-electron chi connectivity index (χ3n) is 3.36. The van der Waals surface area contributed by atoms with E-state index in [1.54, 1.807) is 0 Å². The lowest BCUT2D eigenvalue weighted by Gasteiger charge is -2.22. The molecule has 0 saturated carbocycles. The molecule has 0 rings (SSSR count). The summed E-state index contributed by atoms with van der Waals surface area (Å²) in [7, 11) is 0. The minimum atomic E-state index is 0.0417. The Labute approximate surface area is 143 Å². The summed E-state index contributed by atoms with van der Waals surface area (Å²) in [5.74, 6) is 0. The van der Waals surface area contributed by atoms with E-state index in [9.17, 15) is 0 Å². The SMILES string of the molecule is CCCC(CC)OC(CC)CCC.OCCOCCOCCO. The molecule has 0 spiro atoms. The van der Waals surface area contributed by atoms with Crippen LogP contribution in [-0.4, -0.2) is 62.1 Å². The number of hydrogen-bond acceptors (Lipinski definition) is 5. The number of hydrogen-bond donors (Lipinski definition) is 2. The van der Waals surface area contributed by atoms with Gasteiger partial charge in [0.15, 0.2) is 0 Å². The molecule has 0 aliphatic carbocycles. The summed E-state index contributed by atoms with van der Waals surface area (Å²) < 4.78 is 15.8. The molecular weight excluding hydrogens is 296 g/mol. The van der Waals surface area contributed by atoms with Gasteiger partial charge in [-0.05, 0) is 25.7 Å². The van der Waals surface area contributed by atoms with Crippen molar-refractivity contribution in [3.8, 4) is 0 Å². The van der Waals surface area contributed by atoms with Gasteiger partial charge >= 0.3 is 0 Å². The predicted octanol–water partition coefficient (Wildman–Crippen LogP) is 3.16. The van der Waals surface area contributed by atoms with E-state index >= 15 is 0 Å². The van der Waals surface area contributed by atoms with Gasteiger partial charge < -0.3 is 24.4 Å². The van der Waals surface area contributed by atoms with E-state index in [1.807, 2.05) is 0 Å². The van der Waals surface area contributed by atoms with Crippen LogP contribution in [0.15, 0.2) is 0 Å². The normalized spacial score (nSPS) is 13.3. The first-order valence-corrected chi connectivity index (χ1v) is 9.22. The van der Waals surface area contributed by atoms with Crippen LogP contribution in [0, 0.1) is 0 Å². The smallest absolute Gasteiger partial charge is 0.0701 e. The summed E-state index contributed by atoms with van der Waals surface area (Å²) in [6, 6.07) is 0. The number of rotatable bonds is 15. The molecule has 0 bridgehead atoms. The average Bonchev–Trinajstić information content (AvgIpc) is 2.57.